The molecule has 0 heterocycles. The van der Waals surface area contributed by atoms with E-state index in [9.17, 15) is 9.90 Å². The molecule has 2 nitrogen and oxygen atoms in total. The summed E-state index contributed by atoms with van der Waals surface area (Å²) >= 11 is 0. The summed E-state index contributed by atoms with van der Waals surface area (Å²) in [5.41, 5.74) is 0.932. The first kappa shape index (κ1) is 9.66. The van der Waals surface area contributed by atoms with Crippen molar-refractivity contribution in [3.05, 3.63) is 52.2 Å². The van der Waals surface area contributed by atoms with Gasteiger partial charge >= 0.3 is 0 Å². The molecule has 4 aromatic rings. The molecule has 0 spiro atoms. The van der Waals surface area contributed by atoms with Gasteiger partial charge in [-0.2, -0.15) is 0 Å². The predicted octanol–water partition coefficient (Wildman–Crippen LogP) is 3.40. The zero-order chi connectivity index (χ0) is 12.4. The molecule has 0 fully saturated rings. The summed E-state index contributed by atoms with van der Waals surface area (Å²) in [7, 11) is 0. The molecule has 0 aliphatic heterocycles. The molecule has 0 atom stereocenters. The van der Waals surface area contributed by atoms with Gasteiger partial charge in [-0.3, -0.25) is 4.79 Å². The Bertz CT molecular complexity index is 954. The number of benzene rings is 3. The van der Waals surface area contributed by atoms with Crippen LogP contribution < -0.4 is 5.43 Å². The fraction of sp³-hybridized carbons (Fsp3) is 0.0625. The molecule has 0 aromatic heterocycles. The van der Waals surface area contributed by atoms with E-state index in [2.05, 4.69) is 0 Å². The van der Waals surface area contributed by atoms with Gasteiger partial charge in [0, 0.05) is 16.2 Å². The molecule has 1 N–H and O–H groups in total. The molecule has 0 aliphatic carbocycles. The lowest BCUT2D eigenvalue weighted by Crippen LogP contribution is -1.94. The summed E-state index contributed by atoms with van der Waals surface area (Å²) in [6, 6.07) is 11.5. The van der Waals surface area contributed by atoms with E-state index >= 15 is 0 Å². The lowest BCUT2D eigenvalue weighted by Gasteiger charge is -2.06. The zero-order valence-corrected chi connectivity index (χ0v) is 9.82. The van der Waals surface area contributed by atoms with Crippen molar-refractivity contribution in [2.75, 3.05) is 0 Å². The molecule has 4 aromatic carbocycles. The third-order valence-corrected chi connectivity index (χ3v) is 3.80. The normalized spacial score (nSPS) is 12.1. The van der Waals surface area contributed by atoms with Crippen molar-refractivity contribution in [3.63, 3.8) is 0 Å². The maximum absolute atomic E-state index is 12.4. The highest BCUT2D eigenvalue weighted by molar-refractivity contribution is 6.27. The molecule has 0 radical (unpaired) electrons. The molecular formula is C16H10O2. The number of aryl methyl sites for hydroxylation is 1. The van der Waals surface area contributed by atoms with Crippen LogP contribution in [0.1, 0.15) is 5.56 Å². The molecule has 0 bridgehead atoms. The van der Waals surface area contributed by atoms with Crippen molar-refractivity contribution in [3.8, 4) is 5.75 Å². The molecule has 0 saturated carbocycles. The van der Waals surface area contributed by atoms with Gasteiger partial charge in [0.2, 0.25) is 0 Å². The Morgan fingerprint density at radius 1 is 0.944 bits per heavy atom. The van der Waals surface area contributed by atoms with Gasteiger partial charge in [0.15, 0.2) is 5.43 Å². The van der Waals surface area contributed by atoms with Crippen LogP contribution in [0.25, 0.3) is 32.3 Å². The van der Waals surface area contributed by atoms with Crippen LogP contribution in [-0.2, 0) is 0 Å². The quantitative estimate of drug-likeness (QED) is 0.473. The molecule has 0 saturated heterocycles. The van der Waals surface area contributed by atoms with Crippen LogP contribution in [0.15, 0.2) is 41.2 Å². The number of hydrogen-bond acceptors (Lipinski definition) is 2. The Balaban J connectivity index is 2.58. The van der Waals surface area contributed by atoms with E-state index in [4.69, 9.17) is 0 Å². The Morgan fingerprint density at radius 3 is 2.61 bits per heavy atom. The van der Waals surface area contributed by atoms with Crippen molar-refractivity contribution in [1.82, 2.24) is 0 Å². The topological polar surface area (TPSA) is 37.3 Å². The highest BCUT2D eigenvalue weighted by atomic mass is 16.3. The van der Waals surface area contributed by atoms with Gasteiger partial charge in [0.25, 0.3) is 0 Å². The summed E-state index contributed by atoms with van der Waals surface area (Å²) < 4.78 is 0. The maximum Gasteiger partial charge on any atom is 0.198 e. The van der Waals surface area contributed by atoms with Crippen molar-refractivity contribution < 1.29 is 5.11 Å². The van der Waals surface area contributed by atoms with Crippen molar-refractivity contribution >= 4 is 32.3 Å². The molecule has 4 rings (SSSR count). The van der Waals surface area contributed by atoms with Crippen LogP contribution >= 0.6 is 0 Å². The van der Waals surface area contributed by atoms with E-state index in [0.29, 0.717) is 10.8 Å². The molecule has 0 aliphatic rings. The van der Waals surface area contributed by atoms with Crippen LogP contribution in [-0.4, -0.2) is 5.11 Å². The molecule has 2 heteroatoms. The minimum atomic E-state index is -0.0655. The fourth-order valence-electron chi connectivity index (χ4n) is 3.00. The van der Waals surface area contributed by atoms with Gasteiger partial charge in [-0.25, -0.2) is 0 Å². The van der Waals surface area contributed by atoms with Gasteiger partial charge in [0.05, 0.1) is 5.39 Å². The Kier molecular flexibility index (Phi) is 1.56. The fourth-order valence-corrected chi connectivity index (χ4v) is 3.00. The summed E-state index contributed by atoms with van der Waals surface area (Å²) in [5.74, 6) is 0.0914. The van der Waals surface area contributed by atoms with Gasteiger partial charge in [-0.05, 0) is 29.3 Å². The largest absolute Gasteiger partial charge is 0.507 e. The van der Waals surface area contributed by atoms with E-state index in [0.717, 1.165) is 27.1 Å². The summed E-state index contributed by atoms with van der Waals surface area (Å²) in [4.78, 5) is 12.4. The van der Waals surface area contributed by atoms with E-state index in [1.54, 1.807) is 6.07 Å². The first-order chi connectivity index (χ1) is 8.68. The smallest absolute Gasteiger partial charge is 0.198 e. The van der Waals surface area contributed by atoms with Crippen LogP contribution in [0.5, 0.6) is 5.75 Å². The highest BCUT2D eigenvalue weighted by Gasteiger charge is 2.18. The van der Waals surface area contributed by atoms with Gasteiger partial charge in [-0.1, -0.05) is 30.3 Å². The van der Waals surface area contributed by atoms with E-state index in [1.807, 2.05) is 37.3 Å². The molecule has 18 heavy (non-hydrogen) atoms. The summed E-state index contributed by atoms with van der Waals surface area (Å²) in [5, 5.41) is 15.2. The number of hydrogen-bond donors (Lipinski definition) is 1. The van der Waals surface area contributed by atoms with Crippen molar-refractivity contribution in [2.24, 2.45) is 0 Å². The van der Waals surface area contributed by atoms with E-state index in [1.165, 1.54) is 0 Å². The average molecular weight is 234 g/mol. The first-order valence-corrected chi connectivity index (χ1v) is 5.91. The first-order valence-electron chi connectivity index (χ1n) is 5.91. The second-order valence-corrected chi connectivity index (χ2v) is 4.81. The van der Waals surface area contributed by atoms with Crippen molar-refractivity contribution in [1.29, 1.82) is 0 Å². The van der Waals surface area contributed by atoms with Gasteiger partial charge < -0.3 is 5.11 Å². The average Bonchev–Trinajstić information content (AvgIpc) is 2.66. The molecule has 0 amide bonds. The lowest BCUT2D eigenvalue weighted by atomic mass is 9.98. The standard InChI is InChI=1S/C16H10O2/c1-8-7-12(17)15-14-10(8)6-5-9-3-2-4-11(13(9)14)16(15)18/h2-7,17H,1H3. The number of aromatic hydroxyl groups is 1. The Morgan fingerprint density at radius 2 is 1.78 bits per heavy atom. The molecular weight excluding hydrogens is 224 g/mol. The highest BCUT2D eigenvalue weighted by Crippen LogP contribution is 2.38. The van der Waals surface area contributed by atoms with E-state index < -0.39 is 0 Å². The SMILES string of the molecule is Cc1cc(O)c2c(=O)c3cccc4ccc1c2c43. The van der Waals surface area contributed by atoms with Gasteiger partial charge in [0.1, 0.15) is 5.75 Å². The molecule has 86 valence electrons. The Hall–Kier alpha value is -2.35. The summed E-state index contributed by atoms with van der Waals surface area (Å²) in [6.07, 6.45) is 0. The van der Waals surface area contributed by atoms with Crippen LogP contribution in [0, 0.1) is 6.92 Å². The monoisotopic (exact) mass is 234 g/mol. The minimum Gasteiger partial charge on any atom is -0.507 e. The Labute approximate surface area is 103 Å². The van der Waals surface area contributed by atoms with Gasteiger partial charge in [-0.15, -0.1) is 0 Å². The third-order valence-electron chi connectivity index (χ3n) is 3.80. The second-order valence-electron chi connectivity index (χ2n) is 4.81. The maximum atomic E-state index is 12.4. The summed E-state index contributed by atoms with van der Waals surface area (Å²) in [6.45, 7) is 1.95. The molecule has 0 unspecified atom stereocenters. The number of phenols is 1. The van der Waals surface area contributed by atoms with Crippen molar-refractivity contribution in [2.45, 2.75) is 6.92 Å². The second kappa shape index (κ2) is 2.91. The number of phenolic OH excluding ortho intramolecular Hbond substituents is 1. The van der Waals surface area contributed by atoms with Crippen LogP contribution in [0.4, 0.5) is 0 Å². The predicted molar refractivity (Wildman–Crippen MR) is 74.0 cm³/mol. The van der Waals surface area contributed by atoms with Crippen LogP contribution in [0.3, 0.4) is 0 Å². The lowest BCUT2D eigenvalue weighted by molar-refractivity contribution is 0.481. The van der Waals surface area contributed by atoms with Crippen LogP contribution in [0.2, 0.25) is 0 Å². The minimum absolute atomic E-state index is 0.0655. The third kappa shape index (κ3) is 0.923. The zero-order valence-electron chi connectivity index (χ0n) is 9.82. The number of rotatable bonds is 0. The van der Waals surface area contributed by atoms with E-state index in [-0.39, 0.29) is 11.2 Å².